The van der Waals surface area contributed by atoms with Crippen molar-refractivity contribution in [3.63, 3.8) is 0 Å². The molecule has 1 atom stereocenters. The van der Waals surface area contributed by atoms with Gasteiger partial charge in [0.25, 0.3) is 0 Å². The van der Waals surface area contributed by atoms with E-state index in [1.807, 2.05) is 18.2 Å². The highest BCUT2D eigenvalue weighted by Gasteiger charge is 2.12. The molecule has 1 unspecified atom stereocenters. The number of hydrogen-bond donors (Lipinski definition) is 1. The molecule has 0 bridgehead atoms. The van der Waals surface area contributed by atoms with E-state index in [0.717, 1.165) is 5.70 Å². The van der Waals surface area contributed by atoms with Crippen LogP contribution in [0.3, 0.4) is 0 Å². The van der Waals surface area contributed by atoms with Gasteiger partial charge in [-0.15, -0.1) is 0 Å². The molecule has 0 aliphatic heterocycles. The normalized spacial score (nSPS) is 23.8. The number of hydrogen-bond acceptors (Lipinski definition) is 1. The van der Waals surface area contributed by atoms with Gasteiger partial charge in [-0.25, -0.2) is 0 Å². The lowest BCUT2D eigenvalue weighted by atomic mass is 9.89. The van der Waals surface area contributed by atoms with E-state index in [1.54, 1.807) is 0 Å². The summed E-state index contributed by atoms with van der Waals surface area (Å²) in [4.78, 5) is 0. The first-order valence-corrected chi connectivity index (χ1v) is 7.67. The molecular formula is C21H21N. The second-order valence-corrected chi connectivity index (χ2v) is 5.83. The minimum atomic E-state index is 0.326. The van der Waals surface area contributed by atoms with Crippen molar-refractivity contribution in [1.82, 2.24) is 0 Å². The van der Waals surface area contributed by atoms with Gasteiger partial charge >= 0.3 is 0 Å². The topological polar surface area (TPSA) is 26.0 Å². The average Bonchev–Trinajstić information content (AvgIpc) is 2.61. The predicted octanol–water partition coefficient (Wildman–Crippen LogP) is 5.27. The van der Waals surface area contributed by atoms with Crippen molar-refractivity contribution < 1.29 is 0 Å². The summed E-state index contributed by atoms with van der Waals surface area (Å²) in [6.45, 7) is 4.36. The van der Waals surface area contributed by atoms with Crippen LogP contribution < -0.4 is 5.73 Å². The first-order valence-electron chi connectivity index (χ1n) is 7.67. The Morgan fingerprint density at radius 2 is 1.68 bits per heavy atom. The molecule has 0 amide bonds. The standard InChI is InChI=1S/C21H21N/c1-15-8-11-19(22)12-9-16(2)21-14-18(10-13-20(15)21)17-6-4-3-5-7-17/h3-14,16H,22H2,1-2H3/b12-9+,15-8+,19-11+. The van der Waals surface area contributed by atoms with Crippen molar-refractivity contribution in [3.05, 3.63) is 89.7 Å². The lowest BCUT2D eigenvalue weighted by Gasteiger charge is -2.16. The van der Waals surface area contributed by atoms with Crippen LogP contribution in [-0.2, 0) is 0 Å². The molecule has 0 spiro atoms. The van der Waals surface area contributed by atoms with Crippen molar-refractivity contribution in [1.29, 1.82) is 0 Å². The van der Waals surface area contributed by atoms with E-state index >= 15 is 0 Å². The van der Waals surface area contributed by atoms with E-state index in [-0.39, 0.29) is 0 Å². The Kier molecular flexibility index (Phi) is 3.97. The summed E-state index contributed by atoms with van der Waals surface area (Å²) in [6, 6.07) is 17.2. The minimum Gasteiger partial charge on any atom is -0.399 e. The van der Waals surface area contributed by atoms with E-state index in [0.29, 0.717) is 5.92 Å². The fourth-order valence-corrected chi connectivity index (χ4v) is 2.83. The number of rotatable bonds is 1. The number of allylic oxidation sites excluding steroid dienone is 5. The first kappa shape index (κ1) is 14.4. The van der Waals surface area contributed by atoms with Crippen molar-refractivity contribution in [3.8, 4) is 11.1 Å². The zero-order valence-electron chi connectivity index (χ0n) is 13.1. The lowest BCUT2D eigenvalue weighted by molar-refractivity contribution is 0.960. The minimum absolute atomic E-state index is 0.326. The Morgan fingerprint density at radius 1 is 0.909 bits per heavy atom. The van der Waals surface area contributed by atoms with E-state index < -0.39 is 0 Å². The van der Waals surface area contributed by atoms with E-state index in [1.165, 1.54) is 27.8 Å². The summed E-state index contributed by atoms with van der Waals surface area (Å²) in [6.07, 6.45) is 8.24. The molecule has 3 rings (SSSR count). The summed E-state index contributed by atoms with van der Waals surface area (Å²) in [5.74, 6) is 0.326. The maximum absolute atomic E-state index is 5.98. The second kappa shape index (κ2) is 6.07. The first-order chi connectivity index (χ1) is 10.6. The third kappa shape index (κ3) is 2.89. The van der Waals surface area contributed by atoms with Gasteiger partial charge in [-0.05, 0) is 58.9 Å². The van der Waals surface area contributed by atoms with Gasteiger partial charge in [0.2, 0.25) is 0 Å². The molecule has 0 fully saturated rings. The Labute approximate surface area is 132 Å². The van der Waals surface area contributed by atoms with Gasteiger partial charge in [0.05, 0.1) is 0 Å². The molecule has 110 valence electrons. The van der Waals surface area contributed by atoms with Crippen LogP contribution in [0.5, 0.6) is 0 Å². The van der Waals surface area contributed by atoms with E-state index in [4.69, 9.17) is 5.73 Å². The largest absolute Gasteiger partial charge is 0.399 e. The van der Waals surface area contributed by atoms with Crippen LogP contribution in [0.4, 0.5) is 0 Å². The second-order valence-electron chi connectivity index (χ2n) is 5.83. The monoisotopic (exact) mass is 287 g/mol. The number of benzene rings is 2. The Bertz CT molecular complexity index is 764. The van der Waals surface area contributed by atoms with Crippen LogP contribution in [0.1, 0.15) is 30.9 Å². The third-order valence-electron chi connectivity index (χ3n) is 4.18. The highest BCUT2D eigenvalue weighted by atomic mass is 14.5. The van der Waals surface area contributed by atoms with Crippen LogP contribution >= 0.6 is 0 Å². The third-order valence-corrected chi connectivity index (χ3v) is 4.18. The predicted molar refractivity (Wildman–Crippen MR) is 95.4 cm³/mol. The number of nitrogens with two attached hydrogens (primary N) is 1. The molecule has 1 heteroatoms. The summed E-state index contributed by atoms with van der Waals surface area (Å²) in [5, 5.41) is 0. The molecule has 1 aliphatic rings. The van der Waals surface area contributed by atoms with E-state index in [2.05, 4.69) is 68.5 Å². The molecule has 0 saturated heterocycles. The Hall–Kier alpha value is -2.54. The van der Waals surface area contributed by atoms with Gasteiger partial charge in [0.15, 0.2) is 0 Å². The van der Waals surface area contributed by atoms with Gasteiger partial charge in [0.1, 0.15) is 0 Å². The molecule has 0 saturated carbocycles. The molecule has 2 aromatic carbocycles. The van der Waals surface area contributed by atoms with Gasteiger partial charge in [0, 0.05) is 5.70 Å². The SMILES string of the molecule is C\C1=C/C=C(N)\C=C\C(C)c2cc(-c3ccccc3)ccc21. The summed E-state index contributed by atoms with van der Waals surface area (Å²) in [5.41, 5.74) is 13.2. The van der Waals surface area contributed by atoms with E-state index in [9.17, 15) is 0 Å². The van der Waals surface area contributed by atoms with Gasteiger partial charge in [-0.3, -0.25) is 0 Å². The molecule has 0 radical (unpaired) electrons. The molecular weight excluding hydrogens is 266 g/mol. The Morgan fingerprint density at radius 3 is 2.45 bits per heavy atom. The molecule has 0 heterocycles. The fraction of sp³-hybridized carbons (Fsp3) is 0.143. The average molecular weight is 287 g/mol. The zero-order valence-corrected chi connectivity index (χ0v) is 13.1. The van der Waals surface area contributed by atoms with Gasteiger partial charge in [-0.1, -0.05) is 61.5 Å². The molecule has 1 aliphatic carbocycles. The molecule has 22 heavy (non-hydrogen) atoms. The maximum Gasteiger partial charge on any atom is 0.0311 e. The van der Waals surface area contributed by atoms with Crippen LogP contribution in [-0.4, -0.2) is 0 Å². The van der Waals surface area contributed by atoms with Crippen molar-refractivity contribution >= 4 is 5.57 Å². The summed E-state index contributed by atoms with van der Waals surface area (Å²) in [7, 11) is 0. The number of fused-ring (bicyclic) bond motifs is 1. The molecule has 2 aromatic rings. The van der Waals surface area contributed by atoms with Crippen molar-refractivity contribution in [2.45, 2.75) is 19.8 Å². The fourth-order valence-electron chi connectivity index (χ4n) is 2.83. The van der Waals surface area contributed by atoms with Crippen molar-refractivity contribution in [2.75, 3.05) is 0 Å². The Balaban J connectivity index is 2.14. The maximum atomic E-state index is 5.98. The smallest absolute Gasteiger partial charge is 0.0311 e. The van der Waals surface area contributed by atoms with Crippen LogP contribution in [0.2, 0.25) is 0 Å². The highest BCUT2D eigenvalue weighted by Crippen LogP contribution is 2.32. The van der Waals surface area contributed by atoms with Crippen LogP contribution in [0, 0.1) is 0 Å². The zero-order chi connectivity index (χ0) is 15.5. The summed E-state index contributed by atoms with van der Waals surface area (Å²) >= 11 is 0. The summed E-state index contributed by atoms with van der Waals surface area (Å²) < 4.78 is 0. The van der Waals surface area contributed by atoms with Crippen LogP contribution in [0.15, 0.2) is 78.5 Å². The van der Waals surface area contributed by atoms with Crippen LogP contribution in [0.25, 0.3) is 16.7 Å². The van der Waals surface area contributed by atoms with Gasteiger partial charge in [-0.2, -0.15) is 0 Å². The molecule has 2 N–H and O–H groups in total. The van der Waals surface area contributed by atoms with Crippen molar-refractivity contribution in [2.24, 2.45) is 5.73 Å². The molecule has 1 nitrogen and oxygen atoms in total. The van der Waals surface area contributed by atoms with Gasteiger partial charge < -0.3 is 5.73 Å². The quantitative estimate of drug-likeness (QED) is 0.759. The highest BCUT2D eigenvalue weighted by molar-refractivity contribution is 5.74. The molecule has 0 aromatic heterocycles. The lowest BCUT2D eigenvalue weighted by Crippen LogP contribution is -1.97.